The Morgan fingerprint density at radius 2 is 1.78 bits per heavy atom. The lowest BCUT2D eigenvalue weighted by molar-refractivity contribution is -0.136. The van der Waals surface area contributed by atoms with E-state index in [1.165, 1.54) is 6.07 Å². The standard InChI is InChI=1S/C21H25F2N5O4/c22-18(23)16(27-7-5-24-6-8-27)11-25-10-12-1-2-13-14(9-12)21(32)28(20(13)31)15-3-4-17(29)26-19(15)30/h1-2,9,15-16,18,24-25H,3-8,10-11H2,(H,26,29,30). The molecule has 4 rings (SSSR count). The van der Waals surface area contributed by atoms with Crippen molar-refractivity contribution < 1.29 is 28.0 Å². The first-order chi connectivity index (χ1) is 15.4. The van der Waals surface area contributed by atoms with Gasteiger partial charge in [-0.2, -0.15) is 0 Å². The van der Waals surface area contributed by atoms with Crippen molar-refractivity contribution in [2.75, 3.05) is 32.7 Å². The molecule has 172 valence electrons. The van der Waals surface area contributed by atoms with Crippen LogP contribution in [0.15, 0.2) is 18.2 Å². The Morgan fingerprint density at radius 1 is 1.06 bits per heavy atom. The van der Waals surface area contributed by atoms with Crippen molar-refractivity contribution in [1.29, 1.82) is 0 Å². The highest BCUT2D eigenvalue weighted by molar-refractivity contribution is 6.23. The molecule has 1 aromatic rings. The fraction of sp³-hybridized carbons (Fsp3) is 0.524. The molecule has 3 aliphatic heterocycles. The summed E-state index contributed by atoms with van der Waals surface area (Å²) in [4.78, 5) is 51.8. The Morgan fingerprint density at radius 3 is 2.47 bits per heavy atom. The van der Waals surface area contributed by atoms with Crippen LogP contribution in [0.3, 0.4) is 0 Å². The molecule has 3 aliphatic rings. The van der Waals surface area contributed by atoms with E-state index in [4.69, 9.17) is 0 Å². The van der Waals surface area contributed by atoms with Crippen LogP contribution in [0.4, 0.5) is 8.78 Å². The second-order valence-electron chi connectivity index (χ2n) is 8.15. The van der Waals surface area contributed by atoms with Gasteiger partial charge in [0.05, 0.1) is 17.2 Å². The molecule has 2 saturated heterocycles. The number of nitrogens with one attached hydrogen (secondary N) is 3. The zero-order valence-corrected chi connectivity index (χ0v) is 17.4. The number of imide groups is 2. The fourth-order valence-electron chi connectivity index (χ4n) is 4.38. The summed E-state index contributed by atoms with van der Waals surface area (Å²) in [7, 11) is 0. The van der Waals surface area contributed by atoms with Crippen molar-refractivity contribution in [3.63, 3.8) is 0 Å². The largest absolute Gasteiger partial charge is 0.314 e. The van der Waals surface area contributed by atoms with Crippen LogP contribution in [0.25, 0.3) is 0 Å². The molecule has 2 unspecified atom stereocenters. The molecule has 3 N–H and O–H groups in total. The van der Waals surface area contributed by atoms with Crippen LogP contribution in [0.2, 0.25) is 0 Å². The third-order valence-corrected chi connectivity index (χ3v) is 6.10. The average Bonchev–Trinajstić information content (AvgIpc) is 3.01. The molecule has 0 aromatic heterocycles. The van der Waals surface area contributed by atoms with Gasteiger partial charge in [0.2, 0.25) is 11.8 Å². The van der Waals surface area contributed by atoms with Crippen molar-refractivity contribution in [1.82, 2.24) is 25.8 Å². The van der Waals surface area contributed by atoms with Gasteiger partial charge in [0.1, 0.15) is 6.04 Å². The summed E-state index contributed by atoms with van der Waals surface area (Å²) in [5.74, 6) is -2.26. The highest BCUT2D eigenvalue weighted by atomic mass is 19.3. The lowest BCUT2D eigenvalue weighted by Crippen LogP contribution is -2.54. The van der Waals surface area contributed by atoms with Crippen molar-refractivity contribution in [2.45, 2.75) is 37.9 Å². The zero-order chi connectivity index (χ0) is 22.8. The van der Waals surface area contributed by atoms with Crippen molar-refractivity contribution >= 4 is 23.6 Å². The number of alkyl halides is 2. The van der Waals surface area contributed by atoms with E-state index in [0.29, 0.717) is 31.7 Å². The molecular formula is C21H25F2N5O4. The minimum Gasteiger partial charge on any atom is -0.314 e. The number of carbonyl (C=O) groups is 4. The molecule has 2 atom stereocenters. The van der Waals surface area contributed by atoms with E-state index in [1.807, 2.05) is 0 Å². The number of piperidine rings is 1. The summed E-state index contributed by atoms with van der Waals surface area (Å²) in [6.45, 7) is 2.80. The van der Waals surface area contributed by atoms with Gasteiger partial charge in [0.15, 0.2) is 0 Å². The molecule has 4 amide bonds. The van der Waals surface area contributed by atoms with Crippen LogP contribution in [0, 0.1) is 0 Å². The number of benzene rings is 1. The van der Waals surface area contributed by atoms with Gasteiger partial charge in [0.25, 0.3) is 18.2 Å². The van der Waals surface area contributed by atoms with Crippen LogP contribution < -0.4 is 16.0 Å². The minimum atomic E-state index is -2.48. The number of piperazine rings is 1. The molecule has 1 aromatic carbocycles. The molecule has 0 radical (unpaired) electrons. The van der Waals surface area contributed by atoms with Gasteiger partial charge in [-0.1, -0.05) is 6.07 Å². The van der Waals surface area contributed by atoms with Gasteiger partial charge in [-0.3, -0.25) is 34.3 Å². The van der Waals surface area contributed by atoms with Crippen molar-refractivity contribution in [3.8, 4) is 0 Å². The Balaban J connectivity index is 1.41. The number of fused-ring (bicyclic) bond motifs is 1. The average molecular weight is 449 g/mol. The van der Waals surface area contributed by atoms with Crippen molar-refractivity contribution in [2.24, 2.45) is 0 Å². The lowest BCUT2D eigenvalue weighted by atomic mass is 10.0. The van der Waals surface area contributed by atoms with E-state index < -0.39 is 42.1 Å². The molecule has 0 spiro atoms. The number of amides is 4. The first kappa shape index (κ1) is 22.4. The number of carbonyl (C=O) groups excluding carboxylic acids is 4. The second kappa shape index (κ2) is 9.39. The summed E-state index contributed by atoms with van der Waals surface area (Å²) >= 11 is 0. The normalized spacial score (nSPS) is 23.0. The van der Waals surface area contributed by atoms with Gasteiger partial charge in [0, 0.05) is 45.7 Å². The molecule has 2 fully saturated rings. The number of nitrogens with zero attached hydrogens (tertiary/aromatic N) is 2. The summed E-state index contributed by atoms with van der Waals surface area (Å²) in [5.41, 5.74) is 1.03. The fourth-order valence-corrected chi connectivity index (χ4v) is 4.38. The third-order valence-electron chi connectivity index (χ3n) is 6.10. The summed E-state index contributed by atoms with van der Waals surface area (Å²) < 4.78 is 27.0. The van der Waals surface area contributed by atoms with Crippen LogP contribution >= 0.6 is 0 Å². The van der Waals surface area contributed by atoms with E-state index in [1.54, 1.807) is 17.0 Å². The Labute approximate surface area is 183 Å². The maximum Gasteiger partial charge on any atom is 0.262 e. The van der Waals surface area contributed by atoms with E-state index in [0.717, 1.165) is 4.90 Å². The lowest BCUT2D eigenvalue weighted by Gasteiger charge is -2.34. The van der Waals surface area contributed by atoms with E-state index in [9.17, 15) is 28.0 Å². The SMILES string of the molecule is O=C1CCC(N2C(=O)c3ccc(CNCC(C(F)F)N4CCNCC4)cc3C2=O)C(=O)N1. The van der Waals surface area contributed by atoms with Crippen molar-refractivity contribution in [3.05, 3.63) is 34.9 Å². The summed E-state index contributed by atoms with van der Waals surface area (Å²) in [6, 6.07) is 2.80. The van der Waals surface area contributed by atoms with Gasteiger partial charge < -0.3 is 10.6 Å². The summed E-state index contributed by atoms with van der Waals surface area (Å²) in [5, 5.41) is 8.33. The van der Waals surface area contributed by atoms with Crippen LogP contribution in [-0.4, -0.2) is 84.7 Å². The molecule has 3 heterocycles. The number of rotatable bonds is 7. The van der Waals surface area contributed by atoms with E-state index >= 15 is 0 Å². The van der Waals surface area contributed by atoms with Gasteiger partial charge in [-0.15, -0.1) is 0 Å². The molecule has 32 heavy (non-hydrogen) atoms. The Kier molecular flexibility index (Phi) is 6.58. The maximum atomic E-state index is 13.5. The first-order valence-corrected chi connectivity index (χ1v) is 10.6. The molecule has 9 nitrogen and oxygen atoms in total. The molecule has 11 heteroatoms. The third kappa shape index (κ3) is 4.41. The maximum absolute atomic E-state index is 13.5. The Bertz CT molecular complexity index is 935. The zero-order valence-electron chi connectivity index (χ0n) is 17.4. The number of hydrogen-bond acceptors (Lipinski definition) is 7. The van der Waals surface area contributed by atoms with Crippen LogP contribution in [-0.2, 0) is 16.1 Å². The molecule has 0 aliphatic carbocycles. The molecular weight excluding hydrogens is 424 g/mol. The Hall–Kier alpha value is -2.76. The molecule has 0 bridgehead atoms. The van der Waals surface area contributed by atoms with E-state index in [2.05, 4.69) is 16.0 Å². The highest BCUT2D eigenvalue weighted by Gasteiger charge is 2.44. The van der Waals surface area contributed by atoms with Crippen LogP contribution in [0.5, 0.6) is 0 Å². The predicted molar refractivity (Wildman–Crippen MR) is 109 cm³/mol. The van der Waals surface area contributed by atoms with Crippen LogP contribution in [0.1, 0.15) is 39.1 Å². The smallest absolute Gasteiger partial charge is 0.262 e. The topological polar surface area (TPSA) is 111 Å². The van der Waals surface area contributed by atoms with E-state index in [-0.39, 0.29) is 37.1 Å². The predicted octanol–water partition coefficient (Wildman–Crippen LogP) is -0.284. The second-order valence-corrected chi connectivity index (χ2v) is 8.15. The quantitative estimate of drug-likeness (QED) is 0.491. The first-order valence-electron chi connectivity index (χ1n) is 10.6. The van der Waals surface area contributed by atoms with Gasteiger partial charge in [-0.05, 0) is 24.1 Å². The summed E-state index contributed by atoms with van der Waals surface area (Å²) in [6.07, 6.45) is -2.34. The number of hydrogen-bond donors (Lipinski definition) is 3. The number of halogens is 2. The minimum absolute atomic E-state index is 0.0529. The molecule has 0 saturated carbocycles. The van der Waals surface area contributed by atoms with Gasteiger partial charge in [-0.25, -0.2) is 8.78 Å². The highest BCUT2D eigenvalue weighted by Crippen LogP contribution is 2.28. The monoisotopic (exact) mass is 449 g/mol. The van der Waals surface area contributed by atoms with Gasteiger partial charge >= 0.3 is 0 Å².